The number of hydrogen-bond acceptors (Lipinski definition) is 2. The van der Waals surface area contributed by atoms with Gasteiger partial charge >= 0.3 is 0 Å². The molecule has 18 heavy (non-hydrogen) atoms. The normalized spacial score (nSPS) is 16.7. The van der Waals surface area contributed by atoms with E-state index in [2.05, 4.69) is 56.2 Å². The van der Waals surface area contributed by atoms with Crippen LogP contribution in [0.1, 0.15) is 12.0 Å². The van der Waals surface area contributed by atoms with E-state index in [9.17, 15) is 0 Å². The summed E-state index contributed by atoms with van der Waals surface area (Å²) in [7, 11) is 0. The Bertz CT molecular complexity index is 426. The third kappa shape index (κ3) is 4.81. The summed E-state index contributed by atoms with van der Waals surface area (Å²) in [4.78, 5) is 2.42. The van der Waals surface area contributed by atoms with E-state index in [1.807, 2.05) is 6.07 Å². The van der Waals surface area contributed by atoms with Gasteiger partial charge in [-0.3, -0.25) is 4.90 Å². The summed E-state index contributed by atoms with van der Waals surface area (Å²) in [5, 5.41) is 3.40. The summed E-state index contributed by atoms with van der Waals surface area (Å²) >= 11 is 3.48. The summed E-state index contributed by atoms with van der Waals surface area (Å²) < 4.78 is 1.13. The molecule has 2 nitrogen and oxygen atoms in total. The molecule has 1 N–H and O–H groups in total. The molecule has 3 heteroatoms. The first-order valence-electron chi connectivity index (χ1n) is 6.48. The van der Waals surface area contributed by atoms with Crippen LogP contribution < -0.4 is 5.32 Å². The first kappa shape index (κ1) is 13.6. The van der Waals surface area contributed by atoms with E-state index in [0.717, 1.165) is 37.1 Å². The number of nitrogens with one attached hydrogen (secondary N) is 1. The lowest BCUT2D eigenvalue weighted by atomic mass is 10.2. The fraction of sp³-hybridized carbons (Fsp3) is 0.467. The van der Waals surface area contributed by atoms with Crippen molar-refractivity contribution in [3.05, 3.63) is 34.3 Å². The zero-order valence-corrected chi connectivity index (χ0v) is 12.2. The van der Waals surface area contributed by atoms with Crippen LogP contribution in [-0.4, -0.2) is 37.6 Å². The van der Waals surface area contributed by atoms with Crippen molar-refractivity contribution in [1.29, 1.82) is 0 Å². The Hall–Kier alpha value is -0.820. The first-order chi connectivity index (χ1) is 8.84. The van der Waals surface area contributed by atoms with Gasteiger partial charge in [-0.15, -0.1) is 0 Å². The van der Waals surface area contributed by atoms with E-state index in [4.69, 9.17) is 0 Å². The van der Waals surface area contributed by atoms with Crippen LogP contribution in [0.5, 0.6) is 0 Å². The summed E-state index contributed by atoms with van der Waals surface area (Å²) in [6, 6.07) is 8.35. The number of nitrogens with zero attached hydrogens (tertiary/aromatic N) is 1. The van der Waals surface area contributed by atoms with Gasteiger partial charge in [0.25, 0.3) is 0 Å². The topological polar surface area (TPSA) is 15.3 Å². The molecule has 0 aromatic heterocycles. The Morgan fingerprint density at radius 2 is 2.17 bits per heavy atom. The van der Waals surface area contributed by atoms with Crippen LogP contribution in [0.15, 0.2) is 28.7 Å². The maximum atomic E-state index is 3.48. The van der Waals surface area contributed by atoms with Crippen LogP contribution >= 0.6 is 15.9 Å². The van der Waals surface area contributed by atoms with Gasteiger partial charge in [-0.25, -0.2) is 0 Å². The van der Waals surface area contributed by atoms with E-state index < -0.39 is 0 Å². The van der Waals surface area contributed by atoms with Gasteiger partial charge in [0.15, 0.2) is 0 Å². The summed E-state index contributed by atoms with van der Waals surface area (Å²) in [5.74, 6) is 6.55. The maximum Gasteiger partial charge on any atom is 0.0602 e. The summed E-state index contributed by atoms with van der Waals surface area (Å²) in [6.45, 7) is 5.41. The van der Waals surface area contributed by atoms with Gasteiger partial charge < -0.3 is 5.32 Å². The Balaban J connectivity index is 1.78. The van der Waals surface area contributed by atoms with Gasteiger partial charge in [0.05, 0.1) is 6.54 Å². The Kier molecular flexibility index (Phi) is 5.73. The molecule has 0 spiro atoms. The molecule has 0 aliphatic carbocycles. The van der Waals surface area contributed by atoms with Crippen molar-refractivity contribution < 1.29 is 0 Å². The highest BCUT2D eigenvalue weighted by molar-refractivity contribution is 9.10. The van der Waals surface area contributed by atoms with Crippen LogP contribution in [-0.2, 0) is 6.42 Å². The molecule has 1 saturated heterocycles. The second-order valence-corrected chi connectivity index (χ2v) is 5.46. The average Bonchev–Trinajstić information content (AvgIpc) is 2.63. The quantitative estimate of drug-likeness (QED) is 0.844. The molecule has 1 aromatic carbocycles. The molecule has 0 atom stereocenters. The van der Waals surface area contributed by atoms with Crippen molar-refractivity contribution in [3.63, 3.8) is 0 Å². The minimum absolute atomic E-state index is 0.839. The molecule has 0 amide bonds. The molecule has 96 valence electrons. The number of rotatable bonds is 2. The van der Waals surface area contributed by atoms with Crippen LogP contribution in [0.2, 0.25) is 0 Å². The molecule has 1 aliphatic heterocycles. The lowest BCUT2D eigenvalue weighted by Gasteiger charge is -2.15. The SMILES string of the molecule is Brc1cccc(CC#CCN2CCCNCC2)c1. The lowest BCUT2D eigenvalue weighted by Crippen LogP contribution is -2.28. The van der Waals surface area contributed by atoms with E-state index in [1.54, 1.807) is 0 Å². The van der Waals surface area contributed by atoms with Crippen molar-refractivity contribution in [2.24, 2.45) is 0 Å². The van der Waals surface area contributed by atoms with E-state index in [-0.39, 0.29) is 0 Å². The second kappa shape index (κ2) is 7.58. The van der Waals surface area contributed by atoms with Crippen LogP contribution in [0, 0.1) is 11.8 Å². The van der Waals surface area contributed by atoms with Crippen molar-refractivity contribution in [3.8, 4) is 11.8 Å². The van der Waals surface area contributed by atoms with Crippen molar-refractivity contribution >= 4 is 15.9 Å². The zero-order chi connectivity index (χ0) is 12.6. The molecule has 0 unspecified atom stereocenters. The molecular weight excluding hydrogens is 288 g/mol. The smallest absolute Gasteiger partial charge is 0.0602 e. The fourth-order valence-corrected chi connectivity index (χ4v) is 2.49. The molecule has 0 saturated carbocycles. The van der Waals surface area contributed by atoms with E-state index in [0.29, 0.717) is 0 Å². The second-order valence-electron chi connectivity index (χ2n) is 4.54. The van der Waals surface area contributed by atoms with E-state index >= 15 is 0 Å². The first-order valence-corrected chi connectivity index (χ1v) is 7.27. The molecular formula is C15H19BrN2. The zero-order valence-electron chi connectivity index (χ0n) is 10.6. The minimum atomic E-state index is 0.839. The standard InChI is InChI=1S/C15H19BrN2/c16-15-7-3-6-14(13-15)5-1-2-10-18-11-4-8-17-9-12-18/h3,6-7,13,17H,4-5,8-12H2. The molecule has 1 aliphatic rings. The highest BCUT2D eigenvalue weighted by atomic mass is 79.9. The highest BCUT2D eigenvalue weighted by Crippen LogP contribution is 2.11. The predicted octanol–water partition coefficient (Wildman–Crippen LogP) is 2.29. The molecule has 0 bridgehead atoms. The van der Waals surface area contributed by atoms with Crippen molar-refractivity contribution in [2.75, 3.05) is 32.7 Å². The number of hydrogen-bond donors (Lipinski definition) is 1. The maximum absolute atomic E-state index is 3.48. The Labute approximate surface area is 118 Å². The predicted molar refractivity (Wildman–Crippen MR) is 79.5 cm³/mol. The van der Waals surface area contributed by atoms with Crippen LogP contribution in [0.3, 0.4) is 0 Å². The summed E-state index contributed by atoms with van der Waals surface area (Å²) in [6.07, 6.45) is 2.07. The largest absolute Gasteiger partial charge is 0.315 e. The molecule has 2 rings (SSSR count). The van der Waals surface area contributed by atoms with Crippen LogP contribution in [0.4, 0.5) is 0 Å². The average molecular weight is 307 g/mol. The number of halogens is 1. The molecule has 1 fully saturated rings. The van der Waals surface area contributed by atoms with Crippen LogP contribution in [0.25, 0.3) is 0 Å². The van der Waals surface area contributed by atoms with Gasteiger partial charge in [0.1, 0.15) is 0 Å². The van der Waals surface area contributed by atoms with Crippen molar-refractivity contribution in [1.82, 2.24) is 10.2 Å². The Morgan fingerprint density at radius 3 is 3.06 bits per heavy atom. The molecule has 0 radical (unpaired) electrons. The highest BCUT2D eigenvalue weighted by Gasteiger charge is 2.05. The fourth-order valence-electron chi connectivity index (χ4n) is 2.04. The Morgan fingerprint density at radius 1 is 1.22 bits per heavy atom. The van der Waals surface area contributed by atoms with E-state index in [1.165, 1.54) is 18.5 Å². The van der Waals surface area contributed by atoms with Crippen molar-refractivity contribution in [2.45, 2.75) is 12.8 Å². The van der Waals surface area contributed by atoms with Gasteiger partial charge in [-0.05, 0) is 30.7 Å². The van der Waals surface area contributed by atoms with Gasteiger partial charge in [0, 0.05) is 30.5 Å². The monoisotopic (exact) mass is 306 g/mol. The van der Waals surface area contributed by atoms with Gasteiger partial charge in [0.2, 0.25) is 0 Å². The minimum Gasteiger partial charge on any atom is -0.315 e. The third-order valence-electron chi connectivity index (χ3n) is 3.04. The third-order valence-corrected chi connectivity index (χ3v) is 3.54. The number of benzene rings is 1. The van der Waals surface area contributed by atoms with Gasteiger partial charge in [-0.1, -0.05) is 39.9 Å². The summed E-state index contributed by atoms with van der Waals surface area (Å²) in [5.41, 5.74) is 1.27. The van der Waals surface area contributed by atoms with Gasteiger partial charge in [-0.2, -0.15) is 0 Å². The molecule has 1 heterocycles. The lowest BCUT2D eigenvalue weighted by molar-refractivity contribution is 0.329. The molecule has 1 aromatic rings.